The monoisotopic (exact) mass is 515 g/mol. The first-order valence-electron chi connectivity index (χ1n) is 10.7. The highest BCUT2D eigenvalue weighted by Crippen LogP contribution is 2.39. The molecule has 0 atom stereocenters. The lowest BCUT2D eigenvalue weighted by Crippen LogP contribution is -2.27. The van der Waals surface area contributed by atoms with Gasteiger partial charge in [-0.3, -0.25) is 5.32 Å². The molecule has 0 bridgehead atoms. The third-order valence-corrected chi connectivity index (χ3v) is 6.14. The van der Waals surface area contributed by atoms with Gasteiger partial charge in [0.25, 0.3) is 0 Å². The van der Waals surface area contributed by atoms with Crippen molar-refractivity contribution in [2.45, 2.75) is 32.8 Å². The number of ether oxygens (including phenoxy) is 1. The molecular weight excluding hydrogens is 493 g/mol. The molecule has 1 amide bonds. The first-order chi connectivity index (χ1) is 16.5. The van der Waals surface area contributed by atoms with Gasteiger partial charge in [-0.25, -0.2) is 14.2 Å². The average Bonchev–Trinajstić information content (AvgIpc) is 3.14. The number of benzene rings is 3. The maximum atomic E-state index is 15.9. The van der Waals surface area contributed by atoms with Crippen molar-refractivity contribution in [3.05, 3.63) is 81.8 Å². The maximum Gasteiger partial charge on any atom is 0.413 e. The number of amides is 1. The van der Waals surface area contributed by atoms with Gasteiger partial charge in [0.05, 0.1) is 15.9 Å². The Balaban J connectivity index is 1.78. The van der Waals surface area contributed by atoms with Gasteiger partial charge in [-0.1, -0.05) is 47.2 Å². The lowest BCUT2D eigenvalue weighted by atomic mass is 9.97. The summed E-state index contributed by atoms with van der Waals surface area (Å²) in [6, 6.07) is 14.9. The van der Waals surface area contributed by atoms with Crippen LogP contribution < -0.4 is 10.5 Å². The minimum absolute atomic E-state index is 0.0180. The molecule has 1 aromatic heterocycles. The van der Waals surface area contributed by atoms with Crippen LogP contribution in [0.1, 0.15) is 31.9 Å². The molecule has 0 aliphatic heterocycles. The number of hydrogen-bond donors (Lipinski definition) is 1. The van der Waals surface area contributed by atoms with Crippen molar-refractivity contribution in [1.29, 1.82) is 0 Å². The molecule has 3 aromatic carbocycles. The predicted molar refractivity (Wildman–Crippen MR) is 139 cm³/mol. The number of hydrogen-bond acceptors (Lipinski definition) is 6. The largest absolute Gasteiger partial charge is 0.694 e. The summed E-state index contributed by atoms with van der Waals surface area (Å²) in [7, 11) is 0. The zero-order valence-corrected chi connectivity index (χ0v) is 20.8. The van der Waals surface area contributed by atoms with Crippen LogP contribution in [0, 0.1) is 11.0 Å². The Bertz CT molecular complexity index is 1380. The number of carbonyl (C=O) groups excluding carboxylic acids is 1. The third-order valence-electron chi connectivity index (χ3n) is 4.98. The van der Waals surface area contributed by atoms with Crippen LogP contribution in [0.25, 0.3) is 21.3 Å². The standard InChI is InChI=1S/C25H22ClFN3O4S/c1-25(2,3)34-24(31)29-23-28-22-19(35-23)13-16(11-14-7-9-18(10-8-14)30(32)33)21(27)20(22)15-5-4-6-17(26)12-15/h4-10,12-13,32H,11H2,1-3H3,(H,28,29,31)/q-1/p+1. The summed E-state index contributed by atoms with van der Waals surface area (Å²) in [6.07, 6.45) is -0.400. The van der Waals surface area contributed by atoms with Crippen LogP contribution in [0.15, 0.2) is 54.6 Å². The lowest BCUT2D eigenvalue weighted by Gasteiger charge is -2.18. The van der Waals surface area contributed by atoms with Crippen LogP contribution in [0.3, 0.4) is 0 Å². The van der Waals surface area contributed by atoms with Crippen LogP contribution in [0.2, 0.25) is 5.02 Å². The van der Waals surface area contributed by atoms with Crippen LogP contribution in [0.4, 0.5) is 20.0 Å². The van der Waals surface area contributed by atoms with Crippen molar-refractivity contribution < 1.29 is 19.1 Å². The van der Waals surface area contributed by atoms with Gasteiger partial charge in [0, 0.05) is 17.0 Å². The molecule has 3 N–H and O–H groups in total. The van der Waals surface area contributed by atoms with E-state index in [2.05, 4.69) is 10.3 Å². The molecule has 0 fully saturated rings. The van der Waals surface area contributed by atoms with E-state index in [0.717, 1.165) is 5.56 Å². The Morgan fingerprint density at radius 3 is 2.57 bits per heavy atom. The number of nitrogens with one attached hydrogen (secondary N) is 1. The van der Waals surface area contributed by atoms with Gasteiger partial charge >= 0.3 is 6.09 Å². The van der Waals surface area contributed by atoms with E-state index in [1.165, 1.54) is 23.5 Å². The first kappa shape index (κ1) is 24.9. The number of halogens is 2. The van der Waals surface area contributed by atoms with E-state index in [1.54, 1.807) is 63.2 Å². The summed E-state index contributed by atoms with van der Waals surface area (Å²) in [6.45, 7) is 5.28. The van der Waals surface area contributed by atoms with Crippen LogP contribution in [-0.4, -0.2) is 21.9 Å². The minimum Gasteiger partial charge on any atom is -0.694 e. The Morgan fingerprint density at radius 1 is 1.23 bits per heavy atom. The van der Waals surface area contributed by atoms with Gasteiger partial charge in [0.2, 0.25) is 0 Å². The van der Waals surface area contributed by atoms with Gasteiger partial charge in [-0.2, -0.15) is 5.23 Å². The molecule has 0 spiro atoms. The Hall–Kier alpha value is -3.24. The van der Waals surface area contributed by atoms with E-state index < -0.39 is 17.5 Å². The van der Waals surface area contributed by atoms with E-state index in [4.69, 9.17) is 21.5 Å². The van der Waals surface area contributed by atoms with Gasteiger partial charge in [0.1, 0.15) is 11.4 Å². The van der Waals surface area contributed by atoms with Gasteiger partial charge in [-0.15, -0.1) is 0 Å². The van der Waals surface area contributed by atoms with Gasteiger partial charge < -0.3 is 15.2 Å². The van der Waals surface area contributed by atoms with Gasteiger partial charge in [0.15, 0.2) is 5.13 Å². The molecule has 0 saturated carbocycles. The Morgan fingerprint density at radius 2 is 1.94 bits per heavy atom. The summed E-state index contributed by atoms with van der Waals surface area (Å²) < 4.78 is 21.9. The summed E-state index contributed by atoms with van der Waals surface area (Å²) in [4.78, 5) is 16.7. The zero-order valence-electron chi connectivity index (χ0n) is 19.2. The minimum atomic E-state index is -0.676. The summed E-state index contributed by atoms with van der Waals surface area (Å²) in [5, 5.41) is 21.7. The van der Waals surface area contributed by atoms with E-state index in [9.17, 15) is 10.0 Å². The summed E-state index contributed by atoms with van der Waals surface area (Å²) >= 11 is 7.39. The van der Waals surface area contributed by atoms with Crippen molar-refractivity contribution in [3.63, 3.8) is 0 Å². The zero-order chi connectivity index (χ0) is 25.3. The number of rotatable bonds is 5. The fourth-order valence-corrected chi connectivity index (χ4v) is 4.66. The molecule has 0 radical (unpaired) electrons. The smallest absolute Gasteiger partial charge is 0.413 e. The Kier molecular flexibility index (Phi) is 6.95. The highest BCUT2D eigenvalue weighted by atomic mass is 35.5. The predicted octanol–water partition coefficient (Wildman–Crippen LogP) is 6.64. The number of fused-ring (bicyclic) bond motifs is 1. The number of nitrogens with zero attached hydrogens (tertiary/aromatic N) is 2. The van der Waals surface area contributed by atoms with Crippen LogP contribution >= 0.6 is 22.9 Å². The SMILES string of the molecule is CC(C)(C)OC(=O)Nc1nc2c(-c3cccc(Cl)c3)c(F)c(Cc3ccc(N([O-])[OH2+])cc3)cc2s1. The van der Waals surface area contributed by atoms with Crippen LogP contribution in [0.5, 0.6) is 0 Å². The fraction of sp³-hybridized carbons (Fsp3) is 0.200. The molecule has 7 nitrogen and oxygen atoms in total. The Labute approximate surface area is 210 Å². The highest BCUT2D eigenvalue weighted by molar-refractivity contribution is 7.22. The number of thiazole rings is 1. The maximum absolute atomic E-state index is 15.9. The van der Waals surface area contributed by atoms with E-state index in [0.29, 0.717) is 26.4 Å². The van der Waals surface area contributed by atoms with E-state index in [1.807, 2.05) is 0 Å². The molecule has 0 unspecified atom stereocenters. The topological polar surface area (TPSA) is 100 Å². The van der Waals surface area contributed by atoms with Gasteiger partial charge in [-0.05, 0) is 67.8 Å². The molecular formula is C25H23ClFN3O4S. The molecule has 0 aliphatic carbocycles. The third kappa shape index (κ3) is 5.88. The second-order valence-corrected chi connectivity index (χ2v) is 10.3. The second-order valence-electron chi connectivity index (χ2n) is 8.87. The molecule has 4 rings (SSSR count). The number of carbonyl (C=O) groups is 1. The van der Waals surface area contributed by atoms with E-state index >= 15 is 4.39 Å². The number of anilines is 2. The molecule has 10 heteroatoms. The van der Waals surface area contributed by atoms with Crippen LogP contribution in [-0.2, 0) is 11.2 Å². The molecule has 0 saturated heterocycles. The fourth-order valence-electron chi connectivity index (χ4n) is 3.54. The van der Waals surface area contributed by atoms with Crippen molar-refractivity contribution in [3.8, 4) is 11.1 Å². The normalized spacial score (nSPS) is 11.5. The molecule has 4 aromatic rings. The van der Waals surface area contributed by atoms with Crippen molar-refractivity contribution in [2.75, 3.05) is 10.5 Å². The first-order valence-corrected chi connectivity index (χ1v) is 11.8. The van der Waals surface area contributed by atoms with Crippen molar-refractivity contribution in [2.24, 2.45) is 0 Å². The van der Waals surface area contributed by atoms with E-state index in [-0.39, 0.29) is 28.0 Å². The lowest BCUT2D eigenvalue weighted by molar-refractivity contribution is 0.0636. The quantitative estimate of drug-likeness (QED) is 0.237. The van der Waals surface area contributed by atoms with Crippen molar-refractivity contribution in [1.82, 2.24) is 4.98 Å². The summed E-state index contributed by atoms with van der Waals surface area (Å²) in [5.41, 5.74) is 1.93. The van der Waals surface area contributed by atoms with Crippen molar-refractivity contribution >= 4 is 50.1 Å². The molecule has 1 heterocycles. The average molecular weight is 516 g/mol. The summed E-state index contributed by atoms with van der Waals surface area (Å²) in [5.74, 6) is -0.455. The second kappa shape index (κ2) is 9.79. The molecule has 35 heavy (non-hydrogen) atoms. The molecule has 182 valence electrons. The highest BCUT2D eigenvalue weighted by Gasteiger charge is 2.22. The molecule has 0 aliphatic rings. The number of aromatic nitrogens is 1.